The van der Waals surface area contributed by atoms with Crippen molar-refractivity contribution in [3.8, 4) is 0 Å². The first kappa shape index (κ1) is 12.4. The third-order valence-electron chi connectivity index (χ3n) is 3.52. The molecule has 17 heavy (non-hydrogen) atoms. The molecule has 92 valence electrons. The minimum Gasteiger partial charge on any atom is -0.478 e. The van der Waals surface area contributed by atoms with Crippen molar-refractivity contribution < 1.29 is 9.90 Å². The highest BCUT2D eigenvalue weighted by molar-refractivity contribution is 6.20. The maximum absolute atomic E-state index is 10.7. The van der Waals surface area contributed by atoms with Crippen molar-refractivity contribution in [1.82, 2.24) is 0 Å². The normalized spacial score (nSPS) is 23.8. The van der Waals surface area contributed by atoms with Gasteiger partial charge >= 0.3 is 5.97 Å². The molecule has 2 atom stereocenters. The summed E-state index contributed by atoms with van der Waals surface area (Å²) in [5.41, 5.74) is 1.57. The van der Waals surface area contributed by atoms with Crippen molar-refractivity contribution in [2.24, 2.45) is 5.92 Å². The van der Waals surface area contributed by atoms with E-state index in [2.05, 4.69) is 0 Å². The molecule has 0 spiro atoms. The lowest BCUT2D eigenvalue weighted by Gasteiger charge is -2.08. The minimum absolute atomic E-state index is 0.357. The Morgan fingerprint density at radius 1 is 1.29 bits per heavy atom. The Balaban J connectivity index is 1.85. The molecule has 1 aliphatic carbocycles. The van der Waals surface area contributed by atoms with Gasteiger partial charge in [0.2, 0.25) is 0 Å². The lowest BCUT2D eigenvalue weighted by atomic mass is 9.98. The number of hydrogen-bond donors (Lipinski definition) is 1. The Morgan fingerprint density at radius 3 is 2.53 bits per heavy atom. The number of carboxylic acids is 1. The highest BCUT2D eigenvalue weighted by atomic mass is 35.5. The number of aromatic carboxylic acids is 1. The van der Waals surface area contributed by atoms with Gasteiger partial charge in [-0.25, -0.2) is 4.79 Å². The van der Waals surface area contributed by atoms with Crippen LogP contribution in [0.5, 0.6) is 0 Å². The van der Waals surface area contributed by atoms with E-state index in [0.717, 1.165) is 31.6 Å². The summed E-state index contributed by atoms with van der Waals surface area (Å²) in [5.74, 6) is -0.117. The molecule has 1 fully saturated rings. The maximum atomic E-state index is 10.7. The standard InChI is InChI=1S/C14H17ClO2/c15-13-8-5-11(9-13)2-1-10-3-6-12(7-4-10)14(16)17/h3-4,6-7,11,13H,1-2,5,8-9H2,(H,16,17)/t11-,13?/m0/s1. The number of carboxylic acid groups (broad SMARTS) is 1. The van der Waals surface area contributed by atoms with Gasteiger partial charge in [0.15, 0.2) is 0 Å². The van der Waals surface area contributed by atoms with Gasteiger partial charge in [-0.2, -0.15) is 0 Å². The smallest absolute Gasteiger partial charge is 0.335 e. The molecule has 0 saturated heterocycles. The Hall–Kier alpha value is -1.02. The van der Waals surface area contributed by atoms with Crippen LogP contribution in [0, 0.1) is 5.92 Å². The van der Waals surface area contributed by atoms with Gasteiger partial charge in [0, 0.05) is 5.38 Å². The van der Waals surface area contributed by atoms with E-state index < -0.39 is 5.97 Å². The lowest BCUT2D eigenvalue weighted by molar-refractivity contribution is 0.0697. The molecule has 0 amide bonds. The first-order chi connectivity index (χ1) is 8.15. The average Bonchev–Trinajstić information content (AvgIpc) is 2.73. The minimum atomic E-state index is -0.864. The Bertz CT molecular complexity index is 386. The fourth-order valence-electron chi connectivity index (χ4n) is 2.46. The van der Waals surface area contributed by atoms with Crippen molar-refractivity contribution in [3.63, 3.8) is 0 Å². The first-order valence-electron chi connectivity index (χ1n) is 6.11. The molecule has 0 aromatic heterocycles. The van der Waals surface area contributed by atoms with E-state index in [1.165, 1.54) is 12.0 Å². The zero-order valence-corrected chi connectivity index (χ0v) is 10.5. The van der Waals surface area contributed by atoms with Crippen molar-refractivity contribution in [1.29, 1.82) is 0 Å². The van der Waals surface area contributed by atoms with Crippen molar-refractivity contribution in [3.05, 3.63) is 35.4 Å². The van der Waals surface area contributed by atoms with Crippen LogP contribution < -0.4 is 0 Å². The molecule has 3 heteroatoms. The molecule has 0 radical (unpaired) electrons. The van der Waals surface area contributed by atoms with Crippen LogP contribution in [0.4, 0.5) is 0 Å². The molecule has 1 aliphatic rings. The zero-order chi connectivity index (χ0) is 12.3. The summed E-state index contributed by atoms with van der Waals surface area (Å²) >= 11 is 6.08. The van der Waals surface area contributed by atoms with E-state index in [-0.39, 0.29) is 0 Å². The molecule has 1 saturated carbocycles. The number of halogens is 1. The highest BCUT2D eigenvalue weighted by Crippen LogP contribution is 2.32. The van der Waals surface area contributed by atoms with Crippen molar-refractivity contribution in [2.45, 2.75) is 37.5 Å². The largest absolute Gasteiger partial charge is 0.478 e. The van der Waals surface area contributed by atoms with Gasteiger partial charge in [-0.05, 0) is 55.7 Å². The second-order valence-corrected chi connectivity index (χ2v) is 5.43. The van der Waals surface area contributed by atoms with Crippen molar-refractivity contribution in [2.75, 3.05) is 0 Å². The van der Waals surface area contributed by atoms with E-state index in [1.807, 2.05) is 12.1 Å². The second-order valence-electron chi connectivity index (χ2n) is 4.82. The number of carbonyl (C=O) groups is 1. The van der Waals surface area contributed by atoms with Crippen LogP contribution in [0.3, 0.4) is 0 Å². The SMILES string of the molecule is O=C(O)c1ccc(CC[C@H]2CCC(Cl)C2)cc1. The number of alkyl halides is 1. The number of benzene rings is 1. The third kappa shape index (κ3) is 3.47. The molecule has 2 nitrogen and oxygen atoms in total. The number of rotatable bonds is 4. The molecule has 1 N–H and O–H groups in total. The van der Waals surface area contributed by atoms with E-state index in [9.17, 15) is 4.79 Å². The predicted octanol–water partition coefficient (Wildman–Crippen LogP) is 3.72. The molecule has 0 aliphatic heterocycles. The van der Waals surface area contributed by atoms with Crippen LogP contribution >= 0.6 is 11.6 Å². The fourth-order valence-corrected chi connectivity index (χ4v) is 2.84. The maximum Gasteiger partial charge on any atom is 0.335 e. The van der Waals surface area contributed by atoms with E-state index in [1.54, 1.807) is 12.1 Å². The van der Waals surface area contributed by atoms with Gasteiger partial charge in [0.25, 0.3) is 0 Å². The van der Waals surface area contributed by atoms with Gasteiger partial charge in [0.05, 0.1) is 5.56 Å². The molecular weight excluding hydrogens is 236 g/mol. The molecule has 1 aromatic carbocycles. The fraction of sp³-hybridized carbons (Fsp3) is 0.500. The molecule has 0 heterocycles. The Morgan fingerprint density at radius 2 is 2.00 bits per heavy atom. The van der Waals surface area contributed by atoms with E-state index in [0.29, 0.717) is 10.9 Å². The second kappa shape index (κ2) is 5.54. The van der Waals surface area contributed by atoms with Crippen LogP contribution in [0.25, 0.3) is 0 Å². The summed E-state index contributed by atoms with van der Waals surface area (Å²) in [5, 5.41) is 9.16. The summed E-state index contributed by atoms with van der Waals surface area (Å²) in [6.45, 7) is 0. The summed E-state index contributed by atoms with van der Waals surface area (Å²) < 4.78 is 0. The Kier molecular flexibility index (Phi) is 4.06. The summed E-state index contributed by atoms with van der Waals surface area (Å²) in [6, 6.07) is 7.18. The van der Waals surface area contributed by atoms with E-state index in [4.69, 9.17) is 16.7 Å². The predicted molar refractivity (Wildman–Crippen MR) is 68.7 cm³/mol. The lowest BCUT2D eigenvalue weighted by Crippen LogP contribution is -1.99. The quantitative estimate of drug-likeness (QED) is 0.830. The number of hydrogen-bond acceptors (Lipinski definition) is 1. The van der Waals surface area contributed by atoms with Gasteiger partial charge in [-0.1, -0.05) is 12.1 Å². The van der Waals surface area contributed by atoms with E-state index >= 15 is 0 Å². The topological polar surface area (TPSA) is 37.3 Å². The van der Waals surface area contributed by atoms with Crippen LogP contribution in [0.1, 0.15) is 41.6 Å². The summed E-state index contributed by atoms with van der Waals surface area (Å²) in [7, 11) is 0. The van der Waals surface area contributed by atoms with Crippen LogP contribution in [0.2, 0.25) is 0 Å². The van der Waals surface area contributed by atoms with Gasteiger partial charge in [0.1, 0.15) is 0 Å². The monoisotopic (exact) mass is 252 g/mol. The summed E-state index contributed by atoms with van der Waals surface area (Å²) in [4.78, 5) is 10.7. The van der Waals surface area contributed by atoms with Crippen LogP contribution in [0.15, 0.2) is 24.3 Å². The molecule has 2 rings (SSSR count). The van der Waals surface area contributed by atoms with Gasteiger partial charge in [-0.3, -0.25) is 0 Å². The summed E-state index contributed by atoms with van der Waals surface area (Å²) in [6.07, 6.45) is 5.70. The van der Waals surface area contributed by atoms with Crippen LogP contribution in [-0.4, -0.2) is 16.5 Å². The molecular formula is C14H17ClO2. The van der Waals surface area contributed by atoms with Crippen molar-refractivity contribution >= 4 is 17.6 Å². The molecule has 1 unspecified atom stereocenters. The molecule has 0 bridgehead atoms. The first-order valence-corrected chi connectivity index (χ1v) is 6.55. The highest BCUT2D eigenvalue weighted by Gasteiger charge is 2.22. The van der Waals surface area contributed by atoms with Gasteiger partial charge < -0.3 is 5.11 Å². The molecule has 1 aromatic rings. The number of aryl methyl sites for hydroxylation is 1. The third-order valence-corrected chi connectivity index (χ3v) is 3.92. The zero-order valence-electron chi connectivity index (χ0n) is 9.73. The van der Waals surface area contributed by atoms with Gasteiger partial charge in [-0.15, -0.1) is 11.6 Å². The Labute approximate surface area is 107 Å². The van der Waals surface area contributed by atoms with Crippen LogP contribution in [-0.2, 0) is 6.42 Å². The average molecular weight is 253 g/mol.